The summed E-state index contributed by atoms with van der Waals surface area (Å²) in [7, 11) is 0. The Morgan fingerprint density at radius 3 is 2.81 bits per heavy atom. The van der Waals surface area contributed by atoms with Crippen LogP contribution in [0.25, 0.3) is 0 Å². The molecule has 0 spiro atoms. The number of hydrogen-bond donors (Lipinski definition) is 2. The Labute approximate surface area is 181 Å². The van der Waals surface area contributed by atoms with Crippen LogP contribution in [0.3, 0.4) is 0 Å². The van der Waals surface area contributed by atoms with E-state index in [1.807, 2.05) is 4.68 Å². The molecule has 8 heteroatoms. The summed E-state index contributed by atoms with van der Waals surface area (Å²) >= 11 is 1.79. The number of halogens is 1. The molecule has 27 heavy (non-hydrogen) atoms. The second-order valence-corrected chi connectivity index (χ2v) is 6.90. The molecule has 144 valence electrons. The van der Waals surface area contributed by atoms with Gasteiger partial charge in [0.2, 0.25) is 0 Å². The van der Waals surface area contributed by atoms with Gasteiger partial charge in [0.25, 0.3) is 0 Å². The maximum Gasteiger partial charge on any atom is 0.191 e. The molecule has 0 saturated heterocycles. The Morgan fingerprint density at radius 2 is 2.07 bits per heavy atom. The predicted molar refractivity (Wildman–Crippen MR) is 122 cm³/mol. The standard InChI is InChI=1S/C19H24N6S.HI/c1-2-21-19(22-9-8-18-7-4-10-26-18)23-12-16-5-3-6-17(11-16)13-25-15-20-14-24-25;/h3-7,10-11,14-15H,2,8-9,12-13H2,1H3,(H2,21,22,23);1H. The lowest BCUT2D eigenvalue weighted by Crippen LogP contribution is -2.38. The fourth-order valence-corrected chi connectivity index (χ4v) is 3.31. The lowest BCUT2D eigenvalue weighted by atomic mass is 10.1. The van der Waals surface area contributed by atoms with Gasteiger partial charge in [-0.25, -0.2) is 14.7 Å². The van der Waals surface area contributed by atoms with Gasteiger partial charge >= 0.3 is 0 Å². The number of nitrogens with zero attached hydrogens (tertiary/aromatic N) is 4. The highest BCUT2D eigenvalue weighted by molar-refractivity contribution is 14.0. The molecule has 2 aromatic heterocycles. The van der Waals surface area contributed by atoms with Gasteiger partial charge in [0.05, 0.1) is 13.1 Å². The minimum Gasteiger partial charge on any atom is -0.357 e. The summed E-state index contributed by atoms with van der Waals surface area (Å²) in [5.41, 5.74) is 2.37. The van der Waals surface area contributed by atoms with E-state index < -0.39 is 0 Å². The minimum atomic E-state index is 0. The Kier molecular flexibility index (Phi) is 9.26. The molecule has 0 aliphatic heterocycles. The minimum absolute atomic E-state index is 0. The molecular weight excluding hydrogens is 471 g/mol. The third-order valence-electron chi connectivity index (χ3n) is 3.81. The number of nitrogens with one attached hydrogen (secondary N) is 2. The van der Waals surface area contributed by atoms with Crippen molar-refractivity contribution in [1.82, 2.24) is 25.4 Å². The van der Waals surface area contributed by atoms with E-state index in [-0.39, 0.29) is 24.0 Å². The lowest BCUT2D eigenvalue weighted by molar-refractivity contribution is 0.684. The summed E-state index contributed by atoms with van der Waals surface area (Å²) in [5.74, 6) is 0.853. The number of thiophene rings is 1. The Hall–Kier alpha value is -1.94. The zero-order chi connectivity index (χ0) is 18.0. The van der Waals surface area contributed by atoms with Crippen LogP contribution in [-0.2, 0) is 19.5 Å². The van der Waals surface area contributed by atoms with Crippen molar-refractivity contribution in [2.24, 2.45) is 4.99 Å². The van der Waals surface area contributed by atoms with Gasteiger partial charge in [-0.05, 0) is 35.9 Å². The van der Waals surface area contributed by atoms with E-state index in [9.17, 15) is 0 Å². The molecule has 2 heterocycles. The molecule has 0 amide bonds. The van der Waals surface area contributed by atoms with Crippen LogP contribution in [0.15, 0.2) is 59.4 Å². The molecule has 1 aromatic carbocycles. The van der Waals surface area contributed by atoms with E-state index >= 15 is 0 Å². The van der Waals surface area contributed by atoms with Gasteiger partial charge in [-0.3, -0.25) is 0 Å². The van der Waals surface area contributed by atoms with E-state index in [0.29, 0.717) is 6.54 Å². The van der Waals surface area contributed by atoms with Crippen LogP contribution in [0.2, 0.25) is 0 Å². The van der Waals surface area contributed by atoms with Crippen molar-refractivity contribution in [2.75, 3.05) is 13.1 Å². The van der Waals surface area contributed by atoms with Gasteiger partial charge in [-0.2, -0.15) is 5.10 Å². The summed E-state index contributed by atoms with van der Waals surface area (Å²) in [4.78, 5) is 10.1. The number of benzene rings is 1. The molecule has 0 atom stereocenters. The smallest absolute Gasteiger partial charge is 0.191 e. The summed E-state index contributed by atoms with van der Waals surface area (Å²) in [5, 5.41) is 13.0. The quantitative estimate of drug-likeness (QED) is 0.285. The van der Waals surface area contributed by atoms with E-state index in [4.69, 9.17) is 4.99 Å². The van der Waals surface area contributed by atoms with Crippen LogP contribution in [-0.4, -0.2) is 33.8 Å². The van der Waals surface area contributed by atoms with Crippen molar-refractivity contribution in [3.05, 3.63) is 70.4 Å². The van der Waals surface area contributed by atoms with Gasteiger partial charge < -0.3 is 10.6 Å². The second kappa shape index (κ2) is 11.7. The van der Waals surface area contributed by atoms with Crippen LogP contribution in [0.4, 0.5) is 0 Å². The molecule has 0 aliphatic rings. The van der Waals surface area contributed by atoms with Gasteiger partial charge in [0.15, 0.2) is 5.96 Å². The first-order valence-corrected chi connectivity index (χ1v) is 9.66. The molecule has 3 rings (SSSR count). The van der Waals surface area contributed by atoms with Crippen molar-refractivity contribution in [1.29, 1.82) is 0 Å². The number of rotatable bonds is 8. The predicted octanol–water partition coefficient (Wildman–Crippen LogP) is 3.30. The average molecular weight is 496 g/mol. The van der Waals surface area contributed by atoms with Crippen LogP contribution in [0.1, 0.15) is 22.9 Å². The third-order valence-corrected chi connectivity index (χ3v) is 4.75. The summed E-state index contributed by atoms with van der Waals surface area (Å²) in [6.07, 6.45) is 4.29. The van der Waals surface area contributed by atoms with E-state index in [1.165, 1.54) is 16.0 Å². The lowest BCUT2D eigenvalue weighted by Gasteiger charge is -2.11. The van der Waals surface area contributed by atoms with E-state index in [1.54, 1.807) is 24.0 Å². The number of guanidine groups is 1. The second-order valence-electron chi connectivity index (χ2n) is 5.86. The third kappa shape index (κ3) is 7.30. The fourth-order valence-electron chi connectivity index (χ4n) is 2.60. The first-order chi connectivity index (χ1) is 12.8. The van der Waals surface area contributed by atoms with Crippen molar-refractivity contribution >= 4 is 41.3 Å². The topological polar surface area (TPSA) is 67.1 Å². The largest absolute Gasteiger partial charge is 0.357 e. The summed E-state index contributed by atoms with van der Waals surface area (Å²) < 4.78 is 1.82. The molecule has 0 bridgehead atoms. The zero-order valence-electron chi connectivity index (χ0n) is 15.3. The Morgan fingerprint density at radius 1 is 1.19 bits per heavy atom. The van der Waals surface area contributed by atoms with Gasteiger partial charge in [-0.15, -0.1) is 35.3 Å². The van der Waals surface area contributed by atoms with Crippen molar-refractivity contribution < 1.29 is 0 Å². The first kappa shape index (κ1) is 21.4. The zero-order valence-corrected chi connectivity index (χ0v) is 18.5. The molecule has 3 aromatic rings. The maximum absolute atomic E-state index is 4.70. The van der Waals surface area contributed by atoms with E-state index in [0.717, 1.165) is 32.0 Å². The first-order valence-electron chi connectivity index (χ1n) is 8.78. The monoisotopic (exact) mass is 496 g/mol. The van der Waals surface area contributed by atoms with Crippen LogP contribution >= 0.6 is 35.3 Å². The highest BCUT2D eigenvalue weighted by Crippen LogP contribution is 2.09. The molecule has 0 fully saturated rings. The van der Waals surface area contributed by atoms with Crippen molar-refractivity contribution in [2.45, 2.75) is 26.4 Å². The fraction of sp³-hybridized carbons (Fsp3) is 0.316. The van der Waals surface area contributed by atoms with Gasteiger partial charge in [0, 0.05) is 18.0 Å². The van der Waals surface area contributed by atoms with Crippen LogP contribution in [0.5, 0.6) is 0 Å². The molecule has 0 aliphatic carbocycles. The highest BCUT2D eigenvalue weighted by atomic mass is 127. The van der Waals surface area contributed by atoms with Gasteiger partial charge in [0.1, 0.15) is 12.7 Å². The van der Waals surface area contributed by atoms with Crippen LogP contribution < -0.4 is 10.6 Å². The number of aliphatic imine (C=N–C) groups is 1. The molecule has 2 N–H and O–H groups in total. The Balaban J connectivity index is 0.00000261. The number of hydrogen-bond acceptors (Lipinski definition) is 4. The summed E-state index contributed by atoms with van der Waals surface area (Å²) in [6, 6.07) is 12.7. The Bertz CT molecular complexity index is 801. The van der Waals surface area contributed by atoms with Crippen molar-refractivity contribution in [3.8, 4) is 0 Å². The van der Waals surface area contributed by atoms with E-state index in [2.05, 4.69) is 69.4 Å². The average Bonchev–Trinajstić information content (AvgIpc) is 3.34. The molecule has 0 radical (unpaired) electrons. The number of aromatic nitrogens is 3. The normalized spacial score (nSPS) is 11.1. The SMILES string of the molecule is CCNC(=NCc1cccc(Cn2cncn2)c1)NCCc1cccs1.I. The van der Waals surface area contributed by atoms with Crippen molar-refractivity contribution in [3.63, 3.8) is 0 Å². The molecular formula is C19H25IN6S. The molecule has 0 unspecified atom stereocenters. The van der Waals surface area contributed by atoms with Gasteiger partial charge in [-0.1, -0.05) is 30.3 Å². The molecule has 6 nitrogen and oxygen atoms in total. The highest BCUT2D eigenvalue weighted by Gasteiger charge is 2.01. The van der Waals surface area contributed by atoms with Crippen LogP contribution in [0, 0.1) is 0 Å². The molecule has 0 saturated carbocycles. The summed E-state index contributed by atoms with van der Waals surface area (Å²) in [6.45, 7) is 5.15. The maximum atomic E-state index is 4.70.